The first-order chi connectivity index (χ1) is 10.4. The van der Waals surface area contributed by atoms with E-state index < -0.39 is 5.97 Å². The van der Waals surface area contributed by atoms with Crippen molar-refractivity contribution in [2.45, 2.75) is 26.3 Å². The highest BCUT2D eigenvalue weighted by atomic mass is 16.4. The summed E-state index contributed by atoms with van der Waals surface area (Å²) in [7, 11) is 0. The highest BCUT2D eigenvalue weighted by Gasteiger charge is 2.35. The molecule has 0 saturated carbocycles. The van der Waals surface area contributed by atoms with E-state index >= 15 is 0 Å². The first-order valence-corrected chi connectivity index (χ1v) is 7.37. The second kappa shape index (κ2) is 5.09. The molecule has 2 aromatic rings. The van der Waals surface area contributed by atoms with Gasteiger partial charge < -0.3 is 10.4 Å². The molecule has 0 aliphatic carbocycles. The van der Waals surface area contributed by atoms with E-state index in [0.717, 1.165) is 10.9 Å². The van der Waals surface area contributed by atoms with Gasteiger partial charge in [-0.1, -0.05) is 32.0 Å². The SMILES string of the molecule is CC(C)C1(C)CN=C(c2nc3ccccc3cc2C(=O)O)N1. The van der Waals surface area contributed by atoms with Crippen LogP contribution in [-0.4, -0.2) is 34.0 Å². The number of nitrogens with one attached hydrogen (secondary N) is 1. The van der Waals surface area contributed by atoms with Gasteiger partial charge in [0.15, 0.2) is 0 Å². The van der Waals surface area contributed by atoms with Crippen molar-refractivity contribution in [2.24, 2.45) is 10.9 Å². The maximum absolute atomic E-state index is 11.6. The van der Waals surface area contributed by atoms with Crippen LogP contribution in [0.3, 0.4) is 0 Å². The van der Waals surface area contributed by atoms with E-state index in [4.69, 9.17) is 0 Å². The second-order valence-electron chi connectivity index (χ2n) is 6.24. The number of nitrogens with zero attached hydrogens (tertiary/aromatic N) is 2. The van der Waals surface area contributed by atoms with Crippen LogP contribution in [0.2, 0.25) is 0 Å². The number of fused-ring (bicyclic) bond motifs is 1. The van der Waals surface area contributed by atoms with Crippen molar-refractivity contribution < 1.29 is 9.90 Å². The van der Waals surface area contributed by atoms with E-state index in [2.05, 4.69) is 36.1 Å². The number of rotatable bonds is 3. The predicted octanol–water partition coefficient (Wildman–Crippen LogP) is 2.70. The summed E-state index contributed by atoms with van der Waals surface area (Å²) in [6, 6.07) is 9.16. The predicted molar refractivity (Wildman–Crippen MR) is 86.5 cm³/mol. The Kier molecular flexibility index (Phi) is 3.35. The van der Waals surface area contributed by atoms with Gasteiger partial charge >= 0.3 is 5.97 Å². The number of amidine groups is 1. The molecule has 0 saturated heterocycles. The molecule has 0 fully saturated rings. The van der Waals surface area contributed by atoms with Gasteiger partial charge in [0.1, 0.15) is 11.5 Å². The molecule has 3 rings (SSSR count). The van der Waals surface area contributed by atoms with Crippen LogP contribution in [0, 0.1) is 5.92 Å². The number of hydrogen-bond acceptors (Lipinski definition) is 4. The minimum Gasteiger partial charge on any atom is -0.478 e. The number of carbonyl (C=O) groups is 1. The topological polar surface area (TPSA) is 74.6 Å². The molecule has 1 aliphatic rings. The molecule has 0 spiro atoms. The number of hydrogen-bond donors (Lipinski definition) is 2. The van der Waals surface area contributed by atoms with Gasteiger partial charge in [-0.25, -0.2) is 9.78 Å². The molecule has 22 heavy (non-hydrogen) atoms. The minimum absolute atomic E-state index is 0.168. The Hall–Kier alpha value is -2.43. The average Bonchev–Trinajstić information content (AvgIpc) is 2.89. The summed E-state index contributed by atoms with van der Waals surface area (Å²) in [6.45, 7) is 6.96. The van der Waals surface area contributed by atoms with Crippen molar-refractivity contribution in [2.75, 3.05) is 6.54 Å². The van der Waals surface area contributed by atoms with Crippen LogP contribution in [0.1, 0.15) is 36.8 Å². The molecule has 1 unspecified atom stereocenters. The van der Waals surface area contributed by atoms with Crippen molar-refractivity contribution >= 4 is 22.7 Å². The highest BCUT2D eigenvalue weighted by Crippen LogP contribution is 2.24. The first kappa shape index (κ1) is 14.5. The Bertz CT molecular complexity index is 783. The summed E-state index contributed by atoms with van der Waals surface area (Å²) >= 11 is 0. The summed E-state index contributed by atoms with van der Waals surface area (Å²) in [5.74, 6) is -0.0438. The molecule has 1 aliphatic heterocycles. The van der Waals surface area contributed by atoms with Gasteiger partial charge in [0.25, 0.3) is 0 Å². The van der Waals surface area contributed by atoms with Crippen LogP contribution in [0.25, 0.3) is 10.9 Å². The number of benzene rings is 1. The molecule has 5 nitrogen and oxygen atoms in total. The number of pyridine rings is 1. The zero-order valence-corrected chi connectivity index (χ0v) is 12.9. The third-order valence-electron chi connectivity index (χ3n) is 4.42. The Balaban J connectivity index is 2.11. The Morgan fingerprint density at radius 3 is 2.73 bits per heavy atom. The number of aromatic carboxylic acids is 1. The van der Waals surface area contributed by atoms with E-state index in [1.54, 1.807) is 6.07 Å². The summed E-state index contributed by atoms with van der Waals surface area (Å²) < 4.78 is 0. The van der Waals surface area contributed by atoms with Crippen molar-refractivity contribution in [3.63, 3.8) is 0 Å². The fourth-order valence-corrected chi connectivity index (χ4v) is 2.51. The van der Waals surface area contributed by atoms with E-state index in [0.29, 0.717) is 24.0 Å². The maximum atomic E-state index is 11.6. The summed E-state index contributed by atoms with van der Waals surface area (Å²) in [5, 5.41) is 13.7. The number of carboxylic acid groups (broad SMARTS) is 1. The molecular formula is C17H19N3O2. The van der Waals surface area contributed by atoms with Gasteiger partial charge in [0.2, 0.25) is 0 Å². The molecule has 1 atom stereocenters. The van der Waals surface area contributed by atoms with E-state index in [1.807, 2.05) is 24.3 Å². The maximum Gasteiger partial charge on any atom is 0.338 e. The lowest BCUT2D eigenvalue weighted by Crippen LogP contribution is -2.47. The van der Waals surface area contributed by atoms with Crippen LogP contribution in [-0.2, 0) is 0 Å². The number of aliphatic imine (C=N–C) groups is 1. The van der Waals surface area contributed by atoms with Crippen molar-refractivity contribution in [3.8, 4) is 0 Å². The highest BCUT2D eigenvalue weighted by molar-refractivity contribution is 6.09. The molecular weight excluding hydrogens is 278 g/mol. The standard InChI is InChI=1S/C17H19N3O2/c1-10(2)17(3)9-18-15(20-17)14-12(16(21)22)8-11-6-4-5-7-13(11)19-14/h4-8,10H,9H2,1-3H3,(H,18,20)(H,21,22). The van der Waals surface area contributed by atoms with Crippen molar-refractivity contribution in [3.05, 3.63) is 41.6 Å². The zero-order valence-electron chi connectivity index (χ0n) is 12.9. The molecule has 114 valence electrons. The van der Waals surface area contributed by atoms with Crippen LogP contribution < -0.4 is 5.32 Å². The van der Waals surface area contributed by atoms with Gasteiger partial charge in [-0.2, -0.15) is 0 Å². The number of aromatic nitrogens is 1. The van der Waals surface area contributed by atoms with Gasteiger partial charge in [0.05, 0.1) is 23.2 Å². The molecule has 2 N–H and O–H groups in total. The lowest BCUT2D eigenvalue weighted by molar-refractivity contribution is 0.0696. The van der Waals surface area contributed by atoms with Gasteiger partial charge in [-0.05, 0) is 25.0 Å². The third-order valence-corrected chi connectivity index (χ3v) is 4.42. The van der Waals surface area contributed by atoms with Gasteiger partial charge in [0, 0.05) is 5.39 Å². The summed E-state index contributed by atoms with van der Waals surface area (Å²) in [6.07, 6.45) is 0. The molecule has 0 bridgehead atoms. The van der Waals surface area contributed by atoms with Gasteiger partial charge in [-0.3, -0.25) is 4.99 Å². The quantitative estimate of drug-likeness (QED) is 0.913. The van der Waals surface area contributed by atoms with Crippen LogP contribution >= 0.6 is 0 Å². The van der Waals surface area contributed by atoms with Crippen LogP contribution in [0.15, 0.2) is 35.3 Å². The van der Waals surface area contributed by atoms with E-state index in [9.17, 15) is 9.90 Å². The molecule has 0 radical (unpaired) electrons. The van der Waals surface area contributed by atoms with Crippen molar-refractivity contribution in [1.29, 1.82) is 0 Å². The minimum atomic E-state index is -0.990. The summed E-state index contributed by atoms with van der Waals surface area (Å²) in [5.41, 5.74) is 1.19. The monoisotopic (exact) mass is 297 g/mol. The Morgan fingerprint density at radius 1 is 1.36 bits per heavy atom. The number of para-hydroxylation sites is 1. The largest absolute Gasteiger partial charge is 0.478 e. The first-order valence-electron chi connectivity index (χ1n) is 7.37. The Labute approximate surface area is 129 Å². The van der Waals surface area contributed by atoms with Gasteiger partial charge in [-0.15, -0.1) is 0 Å². The molecule has 2 heterocycles. The fraction of sp³-hybridized carbons (Fsp3) is 0.353. The second-order valence-corrected chi connectivity index (χ2v) is 6.24. The smallest absolute Gasteiger partial charge is 0.338 e. The Morgan fingerprint density at radius 2 is 2.09 bits per heavy atom. The molecule has 5 heteroatoms. The molecule has 1 aromatic heterocycles. The van der Waals surface area contributed by atoms with Crippen molar-refractivity contribution in [1.82, 2.24) is 10.3 Å². The van der Waals surface area contributed by atoms with Crippen LogP contribution in [0.5, 0.6) is 0 Å². The lowest BCUT2D eigenvalue weighted by atomic mass is 9.89. The average molecular weight is 297 g/mol. The normalized spacial score (nSPS) is 21.0. The summed E-state index contributed by atoms with van der Waals surface area (Å²) in [4.78, 5) is 20.6. The zero-order chi connectivity index (χ0) is 15.9. The molecule has 1 aromatic carbocycles. The molecule has 0 amide bonds. The number of carboxylic acids is 1. The lowest BCUT2D eigenvalue weighted by Gasteiger charge is -2.29. The van der Waals surface area contributed by atoms with E-state index in [1.165, 1.54) is 0 Å². The third kappa shape index (κ3) is 2.32. The fourth-order valence-electron chi connectivity index (χ4n) is 2.51. The van der Waals surface area contributed by atoms with E-state index in [-0.39, 0.29) is 11.1 Å². The van der Waals surface area contributed by atoms with Crippen LogP contribution in [0.4, 0.5) is 0 Å².